The molecule has 188 valence electrons. The molecule has 0 saturated carbocycles. The molecule has 2 heterocycles. The Morgan fingerprint density at radius 3 is 1.72 bits per heavy atom. The first-order valence-electron chi connectivity index (χ1n) is 12.7. The summed E-state index contributed by atoms with van der Waals surface area (Å²) in [7, 11) is 0. The second kappa shape index (κ2) is 9.88. The third-order valence-electron chi connectivity index (χ3n) is 6.88. The lowest BCUT2D eigenvalue weighted by Gasteiger charge is -2.47. The third-order valence-corrected chi connectivity index (χ3v) is 8.77. The monoisotopic (exact) mass is 586 g/mol. The molecule has 2 aliphatic heterocycles. The third kappa shape index (κ3) is 4.08. The van der Waals surface area contributed by atoms with E-state index in [1.807, 2.05) is 18.2 Å². The molecule has 5 aromatic carbocycles. The van der Waals surface area contributed by atoms with Crippen molar-refractivity contribution in [3.63, 3.8) is 0 Å². The molecule has 2 aliphatic rings. The molecule has 0 aliphatic carbocycles. The summed E-state index contributed by atoms with van der Waals surface area (Å²) in [6.07, 6.45) is 0. The van der Waals surface area contributed by atoms with Crippen molar-refractivity contribution >= 4 is 49.8 Å². The maximum Gasteiger partial charge on any atom is 0.234 e. The smallest absolute Gasteiger partial charge is 0.223 e. The van der Waals surface area contributed by atoms with E-state index in [2.05, 4.69) is 147 Å². The van der Waals surface area contributed by atoms with Crippen LogP contribution in [-0.2, 0) is 4.99 Å². The molecular weight excluding hydrogens is 564 g/mol. The summed E-state index contributed by atoms with van der Waals surface area (Å²) in [6.45, 7) is 0. The van der Waals surface area contributed by atoms with Crippen LogP contribution in [0.2, 0.25) is 0 Å². The topological polar surface area (TPSA) is 31.2 Å². The van der Waals surface area contributed by atoms with Crippen LogP contribution in [-0.4, -0.2) is 10.8 Å². The zero-order chi connectivity index (χ0) is 26.2. The molecule has 0 fully saturated rings. The van der Waals surface area contributed by atoms with Crippen molar-refractivity contribution in [3.8, 4) is 0 Å². The van der Waals surface area contributed by atoms with Gasteiger partial charge in [-0.3, -0.25) is 0 Å². The number of halogens is 1. The molecule has 1 spiro atoms. The SMILES string of the molecule is Brc1ccc(C2=NN(c3ccccc3)[C@@]3(SC(c4ccccc4)=NN3c3ccccc3)c3ccccc32)cc1. The Bertz CT molecular complexity index is 1690. The van der Waals surface area contributed by atoms with Crippen molar-refractivity contribution in [1.82, 2.24) is 0 Å². The zero-order valence-corrected chi connectivity index (χ0v) is 23.3. The highest BCUT2D eigenvalue weighted by molar-refractivity contribution is 9.10. The minimum absolute atomic E-state index is 0.788. The minimum Gasteiger partial charge on any atom is -0.223 e. The lowest BCUT2D eigenvalue weighted by Crippen LogP contribution is -2.54. The van der Waals surface area contributed by atoms with Crippen LogP contribution < -0.4 is 10.0 Å². The van der Waals surface area contributed by atoms with Crippen LogP contribution in [0.25, 0.3) is 0 Å². The van der Waals surface area contributed by atoms with E-state index in [0.717, 1.165) is 48.9 Å². The number of hydrogen-bond donors (Lipinski definition) is 0. The van der Waals surface area contributed by atoms with Gasteiger partial charge in [0.25, 0.3) is 0 Å². The minimum atomic E-state index is -0.788. The predicted octanol–water partition coefficient (Wildman–Crippen LogP) is 8.45. The summed E-state index contributed by atoms with van der Waals surface area (Å²) in [4.78, 5) is -0.788. The van der Waals surface area contributed by atoms with Gasteiger partial charge in [0.2, 0.25) is 4.99 Å². The first kappa shape index (κ1) is 23.9. The molecular formula is C33H23BrN4S. The molecule has 0 aromatic heterocycles. The molecule has 0 amide bonds. The van der Waals surface area contributed by atoms with E-state index in [1.165, 1.54) is 0 Å². The van der Waals surface area contributed by atoms with E-state index < -0.39 is 4.99 Å². The van der Waals surface area contributed by atoms with E-state index in [1.54, 1.807) is 11.8 Å². The summed E-state index contributed by atoms with van der Waals surface area (Å²) in [5, 5.41) is 15.9. The Morgan fingerprint density at radius 2 is 1.08 bits per heavy atom. The van der Waals surface area contributed by atoms with Gasteiger partial charge in [-0.2, -0.15) is 10.2 Å². The fourth-order valence-corrected chi connectivity index (χ4v) is 6.75. The highest BCUT2D eigenvalue weighted by Crippen LogP contribution is 2.55. The van der Waals surface area contributed by atoms with Gasteiger partial charge in [-0.15, -0.1) is 0 Å². The molecule has 0 radical (unpaired) electrons. The fraction of sp³-hybridized carbons (Fsp3) is 0.0303. The zero-order valence-electron chi connectivity index (χ0n) is 20.9. The number of hydrazone groups is 2. The summed E-state index contributed by atoms with van der Waals surface area (Å²) in [5.41, 5.74) is 7.26. The number of benzene rings is 5. The average Bonchev–Trinajstić information content (AvgIpc) is 3.40. The maximum atomic E-state index is 5.43. The molecule has 0 bridgehead atoms. The Kier molecular flexibility index (Phi) is 6.06. The van der Waals surface area contributed by atoms with E-state index in [9.17, 15) is 0 Å². The Morgan fingerprint density at radius 1 is 0.538 bits per heavy atom. The van der Waals surface area contributed by atoms with Crippen LogP contribution in [0.15, 0.2) is 154 Å². The van der Waals surface area contributed by atoms with Crippen molar-refractivity contribution in [1.29, 1.82) is 0 Å². The highest BCUT2D eigenvalue weighted by Gasteiger charge is 2.55. The number of thioether (sulfide) groups is 1. The summed E-state index contributed by atoms with van der Waals surface area (Å²) in [6, 6.07) is 48.1. The van der Waals surface area contributed by atoms with E-state index in [-0.39, 0.29) is 0 Å². The average molecular weight is 588 g/mol. The van der Waals surface area contributed by atoms with Gasteiger partial charge in [-0.05, 0) is 48.2 Å². The lowest BCUT2D eigenvalue weighted by molar-refractivity contribution is 0.550. The summed E-state index contributed by atoms with van der Waals surface area (Å²) in [5.74, 6) is 0. The standard InChI is InChI=1S/C33H23BrN4S/c34-26-22-20-24(21-23-26)31-29-18-10-11-19-30(29)33(37(35-31)27-14-6-2-7-15-27)38(28-16-8-3-9-17-28)36-32(39-33)25-12-4-1-5-13-25/h1-23H/t33-/m0/s1. The van der Waals surface area contributed by atoms with E-state index >= 15 is 0 Å². The Labute approximate surface area is 240 Å². The van der Waals surface area contributed by atoms with Gasteiger partial charge in [-0.25, -0.2) is 10.0 Å². The van der Waals surface area contributed by atoms with Gasteiger partial charge in [0.1, 0.15) is 5.04 Å². The van der Waals surface area contributed by atoms with Gasteiger partial charge in [0.05, 0.1) is 17.1 Å². The summed E-state index contributed by atoms with van der Waals surface area (Å²) < 4.78 is 1.04. The van der Waals surface area contributed by atoms with Gasteiger partial charge in [0.15, 0.2) is 0 Å². The van der Waals surface area contributed by atoms with Gasteiger partial charge in [0, 0.05) is 26.7 Å². The number of hydrogen-bond acceptors (Lipinski definition) is 5. The largest absolute Gasteiger partial charge is 0.234 e. The van der Waals surface area contributed by atoms with Crippen molar-refractivity contribution in [2.24, 2.45) is 10.2 Å². The molecule has 39 heavy (non-hydrogen) atoms. The normalized spacial score (nSPS) is 18.1. The van der Waals surface area contributed by atoms with Crippen molar-refractivity contribution in [3.05, 3.63) is 166 Å². The molecule has 0 N–H and O–H groups in total. The first-order chi connectivity index (χ1) is 19.2. The second-order valence-electron chi connectivity index (χ2n) is 9.28. The molecule has 1 atom stereocenters. The molecule has 4 nitrogen and oxygen atoms in total. The number of nitrogens with zero attached hydrogens (tertiary/aromatic N) is 4. The van der Waals surface area contributed by atoms with Crippen molar-refractivity contribution < 1.29 is 0 Å². The van der Waals surface area contributed by atoms with Gasteiger partial charge < -0.3 is 0 Å². The molecule has 7 rings (SSSR count). The van der Waals surface area contributed by atoms with Crippen LogP contribution in [0.1, 0.15) is 22.3 Å². The maximum absolute atomic E-state index is 5.43. The quantitative estimate of drug-likeness (QED) is 0.212. The Hall–Kier alpha value is -4.13. The number of anilines is 2. The van der Waals surface area contributed by atoms with Crippen LogP contribution in [0.3, 0.4) is 0 Å². The number of fused-ring (bicyclic) bond motifs is 2. The Balaban J connectivity index is 1.52. The van der Waals surface area contributed by atoms with Crippen molar-refractivity contribution in [2.45, 2.75) is 4.99 Å². The molecule has 0 saturated heterocycles. The number of para-hydroxylation sites is 2. The lowest BCUT2D eigenvalue weighted by atomic mass is 9.93. The number of rotatable bonds is 4. The van der Waals surface area contributed by atoms with Gasteiger partial charge >= 0.3 is 0 Å². The summed E-state index contributed by atoms with van der Waals surface area (Å²) >= 11 is 5.31. The van der Waals surface area contributed by atoms with Crippen LogP contribution in [0, 0.1) is 0 Å². The predicted molar refractivity (Wildman–Crippen MR) is 166 cm³/mol. The molecule has 6 heteroatoms. The fourth-order valence-electron chi connectivity index (χ4n) is 5.09. The highest BCUT2D eigenvalue weighted by atomic mass is 79.9. The van der Waals surface area contributed by atoms with Crippen molar-refractivity contribution in [2.75, 3.05) is 10.0 Å². The second-order valence-corrected chi connectivity index (χ2v) is 11.4. The van der Waals surface area contributed by atoms with Crippen LogP contribution in [0.4, 0.5) is 11.4 Å². The van der Waals surface area contributed by atoms with Crippen LogP contribution >= 0.6 is 27.7 Å². The van der Waals surface area contributed by atoms with E-state index in [4.69, 9.17) is 10.2 Å². The van der Waals surface area contributed by atoms with Crippen LogP contribution in [0.5, 0.6) is 0 Å². The molecule has 0 unspecified atom stereocenters. The van der Waals surface area contributed by atoms with E-state index in [0.29, 0.717) is 0 Å². The first-order valence-corrected chi connectivity index (χ1v) is 14.3. The van der Waals surface area contributed by atoms with Gasteiger partial charge in [-0.1, -0.05) is 119 Å². The molecule has 5 aromatic rings.